The van der Waals surface area contributed by atoms with Gasteiger partial charge in [0.15, 0.2) is 0 Å². The standard InChI is InChI=1S/C32H36N6O5.C28H29N5O3.C27H34N6O2.C26H32N6O2/c1-31(2,3)43-30(39)37-13-11-32(40,21-37)10-7-12-38(24-14-25(41-5)17-26(15-24)42-6)23-8-9-27-28(16-23)35-29(19-33-27)22-18-34-36(4)20-22;1-32-19-20(17-30-32)27-18-29-25-8-7-21(15-26(25)31-27)33(12-6-11-28(34)9-4-5-10-28)22-13-23(35-2)16-24(14-22)36-3;1-7-27-23(16-30-32(27)4)26-17-29-24-9-8-19(14-25(24)31-26)33(11-10-28-18(2)3)20-12-21(34-5)15-22(13-20)35-6;1-7-10-32(19-11-20(33-5)14-21(12-19)34-6)18-8-9-23-24(13-18)29-25(16-27-23)22-15-28-31(4)26(22)17-30(2)3/h8-9,14-20,40H,11-13,21H2,1-6H3;7-8,13-19,34H,4-5,9-10,12H2,1-3H3;8-9,12-18,28H,7,10-11H2,1-6H3;8-9,11-16H,7,10,17H2,1-6H3. The van der Waals surface area contributed by atoms with Gasteiger partial charge in [-0.05, 0) is 146 Å². The van der Waals surface area contributed by atoms with Crippen molar-refractivity contribution >= 4 is 95.7 Å². The van der Waals surface area contributed by atoms with E-state index >= 15 is 0 Å². The number of anilines is 8. The summed E-state index contributed by atoms with van der Waals surface area (Å²) in [7, 11) is 24.9. The minimum Gasteiger partial charge on any atom is -0.497 e. The molecular formula is C113H131N23O12. The third-order valence-electron chi connectivity index (χ3n) is 25.2. The minimum atomic E-state index is -1.35. The molecule has 8 aromatic heterocycles. The molecule has 770 valence electrons. The number of carbonyl (C=O) groups excluding carboxylic acids is 1. The number of amides is 1. The third kappa shape index (κ3) is 26.4. The molecule has 8 aromatic carbocycles. The van der Waals surface area contributed by atoms with Crippen molar-refractivity contribution in [2.24, 2.45) is 28.2 Å². The third-order valence-corrected chi connectivity index (χ3v) is 25.2. The van der Waals surface area contributed by atoms with Crippen molar-refractivity contribution < 1.29 is 57.6 Å². The SMILES string of the molecule is CCCN(c1cc(OC)cc(OC)c1)c1ccc2ncc(-c3cnn(C)c3CN(C)C)nc2c1.CCc1c(-c2cnc3ccc(N(CCNC(C)C)c4cc(OC)cc(OC)c4)cc3n2)cnn1C.COc1cc(OC)cc(N(CC#CC2(O)CCCC2)c2ccc3ncc(-c4cnn(C)c4)nc3c2)c1.COc1cc(OC)cc(N(CC#CC2(O)CCN(C(=O)OC(C)(C)C)C2)c2ccc3ncc(-c4cnn(C)c4)nc3c2)c1. The Kier molecular flexibility index (Phi) is 34.2. The van der Waals surface area contributed by atoms with Crippen molar-refractivity contribution in [3.05, 3.63) is 219 Å². The summed E-state index contributed by atoms with van der Waals surface area (Å²) in [4.78, 5) is 62.9. The number of carbonyl (C=O) groups is 1. The Hall–Kier alpha value is -16.2. The number of aromatic nitrogens is 16. The fourth-order valence-electron chi connectivity index (χ4n) is 17.6. The quantitative estimate of drug-likeness (QED) is 0.0340. The molecule has 1 saturated carbocycles. The lowest BCUT2D eigenvalue weighted by molar-refractivity contribution is 0.0238. The molecule has 2 aliphatic rings. The van der Waals surface area contributed by atoms with Gasteiger partial charge in [-0.15, -0.1) is 0 Å². The molecule has 35 nitrogen and oxygen atoms in total. The highest BCUT2D eigenvalue weighted by molar-refractivity contribution is 5.88. The van der Waals surface area contributed by atoms with Gasteiger partial charge in [0, 0.05) is 232 Å². The lowest BCUT2D eigenvalue weighted by Gasteiger charge is -2.27. The van der Waals surface area contributed by atoms with E-state index in [2.05, 4.69) is 141 Å². The van der Waals surface area contributed by atoms with E-state index in [9.17, 15) is 15.0 Å². The lowest BCUT2D eigenvalue weighted by Crippen LogP contribution is -2.38. The molecule has 9 heterocycles. The second kappa shape index (κ2) is 47.8. The van der Waals surface area contributed by atoms with Crippen LogP contribution in [0.3, 0.4) is 0 Å². The number of aliphatic hydroxyl groups is 2. The van der Waals surface area contributed by atoms with E-state index in [-0.39, 0.29) is 13.1 Å². The van der Waals surface area contributed by atoms with Crippen molar-refractivity contribution in [3.63, 3.8) is 0 Å². The molecule has 2 fully saturated rings. The highest BCUT2D eigenvalue weighted by Crippen LogP contribution is 2.42. The number of fused-ring (bicyclic) bond motifs is 4. The van der Waals surface area contributed by atoms with Crippen molar-refractivity contribution in [1.29, 1.82) is 0 Å². The summed E-state index contributed by atoms with van der Waals surface area (Å²) in [6.45, 7) is 18.2. The molecule has 1 unspecified atom stereocenters. The largest absolute Gasteiger partial charge is 0.497 e. The molecule has 0 spiro atoms. The van der Waals surface area contributed by atoms with Crippen molar-refractivity contribution in [1.82, 2.24) is 94.1 Å². The number of ether oxygens (including phenoxy) is 9. The number of nitrogens with zero attached hydrogens (tertiary/aromatic N) is 22. The normalized spacial score (nSPS) is 13.5. The van der Waals surface area contributed by atoms with Gasteiger partial charge in [0.05, 0.1) is 199 Å². The summed E-state index contributed by atoms with van der Waals surface area (Å²) < 4.78 is 56.9. The van der Waals surface area contributed by atoms with E-state index in [4.69, 9.17) is 62.6 Å². The first-order valence-corrected chi connectivity index (χ1v) is 49.2. The molecule has 3 N–H and O–H groups in total. The molecule has 1 atom stereocenters. The molecular weight excluding hydrogens is 1870 g/mol. The van der Waals surface area contributed by atoms with Crippen LogP contribution in [0.4, 0.5) is 50.3 Å². The Morgan fingerprint density at radius 1 is 0.426 bits per heavy atom. The first-order valence-electron chi connectivity index (χ1n) is 49.2. The van der Waals surface area contributed by atoms with Crippen LogP contribution in [-0.2, 0) is 45.9 Å². The summed E-state index contributed by atoms with van der Waals surface area (Å²) in [6.07, 6.45) is 23.4. The Bertz CT molecular complexity index is 7380. The molecule has 35 heteroatoms. The van der Waals surface area contributed by atoms with Crippen LogP contribution in [-0.4, -0.2) is 245 Å². The summed E-state index contributed by atoms with van der Waals surface area (Å²) in [5.74, 6) is 18.1. The first-order chi connectivity index (χ1) is 71.3. The van der Waals surface area contributed by atoms with Gasteiger partial charge >= 0.3 is 6.09 Å². The van der Waals surface area contributed by atoms with E-state index in [1.807, 2.05) is 230 Å². The van der Waals surface area contributed by atoms with Crippen LogP contribution in [0, 0.1) is 23.7 Å². The Labute approximate surface area is 863 Å². The Morgan fingerprint density at radius 2 is 0.777 bits per heavy atom. The van der Waals surface area contributed by atoms with Gasteiger partial charge in [-0.1, -0.05) is 51.4 Å². The molecule has 1 aliphatic carbocycles. The van der Waals surface area contributed by atoms with Crippen LogP contribution in [0.2, 0.25) is 0 Å². The number of benzene rings is 8. The van der Waals surface area contributed by atoms with Gasteiger partial charge in [-0.2, -0.15) is 20.4 Å². The predicted octanol–water partition coefficient (Wildman–Crippen LogP) is 18.5. The van der Waals surface area contributed by atoms with Crippen molar-refractivity contribution in [2.75, 3.05) is 136 Å². The number of hydrogen-bond donors (Lipinski definition) is 3. The second-order valence-corrected chi connectivity index (χ2v) is 37.8. The first kappa shape index (κ1) is 106. The number of aryl methyl sites for hydroxylation is 4. The van der Waals surface area contributed by atoms with Gasteiger partial charge in [0.25, 0.3) is 0 Å². The molecule has 16 aromatic rings. The van der Waals surface area contributed by atoms with Crippen LogP contribution in [0.5, 0.6) is 46.0 Å². The predicted molar refractivity (Wildman–Crippen MR) is 580 cm³/mol. The molecule has 1 amide bonds. The zero-order valence-electron chi connectivity index (χ0n) is 88.1. The summed E-state index contributed by atoms with van der Waals surface area (Å²) in [5, 5.41) is 42.8. The van der Waals surface area contributed by atoms with Gasteiger partial charge in [0.2, 0.25) is 0 Å². The zero-order chi connectivity index (χ0) is 105. The average molecular weight is 2000 g/mol. The van der Waals surface area contributed by atoms with Crippen molar-refractivity contribution in [3.8, 4) is 115 Å². The maximum Gasteiger partial charge on any atom is 0.410 e. The number of rotatable bonds is 31. The van der Waals surface area contributed by atoms with Crippen LogP contribution in [0.15, 0.2) is 208 Å². The monoisotopic (exact) mass is 2000 g/mol. The average Bonchev–Trinajstić information content (AvgIpc) is 1.37. The number of β-amino-alcohol motifs (C(OH)–C–C–N with tert-alkyl or cyclic N) is 1. The smallest absolute Gasteiger partial charge is 0.410 e. The Balaban J connectivity index is 0.000000148. The van der Waals surface area contributed by atoms with E-state index in [0.29, 0.717) is 59.8 Å². The van der Waals surface area contributed by atoms with Gasteiger partial charge in [-0.25, -0.2) is 24.7 Å². The van der Waals surface area contributed by atoms with Gasteiger partial charge < -0.3 is 87.6 Å². The zero-order valence-corrected chi connectivity index (χ0v) is 88.1. The van der Waals surface area contributed by atoms with E-state index in [0.717, 1.165) is 223 Å². The fraction of sp³-hybridized carbons (Fsp3) is 0.354. The van der Waals surface area contributed by atoms with E-state index in [1.165, 1.54) is 4.90 Å². The highest BCUT2D eigenvalue weighted by Gasteiger charge is 2.39. The van der Waals surface area contributed by atoms with Crippen LogP contribution in [0.1, 0.15) is 98.4 Å². The Morgan fingerprint density at radius 3 is 1.13 bits per heavy atom. The molecule has 18 rings (SSSR count). The maximum atomic E-state index is 12.5. The fourth-order valence-corrected chi connectivity index (χ4v) is 17.6. The lowest BCUT2D eigenvalue weighted by atomic mass is 10.0. The maximum absolute atomic E-state index is 12.5. The number of nitrogens with one attached hydrogen (secondary N) is 1. The summed E-state index contributed by atoms with van der Waals surface area (Å²) in [6, 6.07) is 47.7. The van der Waals surface area contributed by atoms with Crippen LogP contribution in [0.25, 0.3) is 89.2 Å². The highest BCUT2D eigenvalue weighted by atomic mass is 16.6. The number of methoxy groups -OCH3 is 8. The molecule has 1 saturated heterocycles. The van der Waals surface area contributed by atoms with Gasteiger partial charge in [-0.3, -0.25) is 38.7 Å². The molecule has 0 bridgehead atoms. The van der Waals surface area contributed by atoms with Crippen LogP contribution >= 0.6 is 0 Å². The van der Waals surface area contributed by atoms with E-state index in [1.54, 1.807) is 97.1 Å². The molecule has 1 aliphatic heterocycles. The number of likely N-dealkylation sites (tertiary alicyclic amines) is 1. The summed E-state index contributed by atoms with van der Waals surface area (Å²) >= 11 is 0. The van der Waals surface area contributed by atoms with Crippen LogP contribution < -0.4 is 62.8 Å². The molecule has 148 heavy (non-hydrogen) atoms. The van der Waals surface area contributed by atoms with Gasteiger partial charge in [0.1, 0.15) is 62.8 Å². The number of hydrogen-bond acceptors (Lipinski definition) is 30. The topological polar surface area (TPSA) is 346 Å². The summed E-state index contributed by atoms with van der Waals surface area (Å²) in [5.41, 5.74) is 20.0. The van der Waals surface area contributed by atoms with E-state index < -0.39 is 22.9 Å². The minimum absolute atomic E-state index is 0.0740. The van der Waals surface area contributed by atoms with Crippen molar-refractivity contribution in [2.45, 2.75) is 123 Å². The molecule has 0 radical (unpaired) electrons. The second-order valence-electron chi connectivity index (χ2n) is 37.8.